The molecule has 1 aromatic rings. The Balaban J connectivity index is 1.46. The zero-order valence-corrected chi connectivity index (χ0v) is 13.3. The van der Waals surface area contributed by atoms with E-state index in [9.17, 15) is 14.0 Å². The summed E-state index contributed by atoms with van der Waals surface area (Å²) in [6.07, 6.45) is 1.90. The van der Waals surface area contributed by atoms with E-state index >= 15 is 0 Å². The molecule has 0 heterocycles. The summed E-state index contributed by atoms with van der Waals surface area (Å²) >= 11 is 0. The second kappa shape index (κ2) is 8.50. The number of carbonyl (C=O) groups is 2. The number of rotatable bonds is 9. The van der Waals surface area contributed by atoms with E-state index < -0.39 is 0 Å². The molecule has 1 aliphatic carbocycles. The highest BCUT2D eigenvalue weighted by Gasteiger charge is 2.38. The number of carbonyl (C=O) groups excluding carboxylic acids is 2. The van der Waals surface area contributed by atoms with Crippen molar-refractivity contribution in [2.75, 3.05) is 19.7 Å². The molecule has 6 heteroatoms. The SMILES string of the molecule is CC1CC1C(=O)NCCC(=O)NCCCOc1ccc(F)cc1. The molecule has 1 fully saturated rings. The van der Waals surface area contributed by atoms with E-state index in [1.165, 1.54) is 12.1 Å². The molecule has 0 aromatic heterocycles. The van der Waals surface area contributed by atoms with Crippen LogP contribution in [-0.2, 0) is 9.59 Å². The Labute approximate surface area is 135 Å². The number of ether oxygens (including phenoxy) is 1. The molecule has 2 unspecified atom stereocenters. The van der Waals surface area contributed by atoms with Crippen molar-refractivity contribution in [3.05, 3.63) is 30.1 Å². The summed E-state index contributed by atoms with van der Waals surface area (Å²) in [6.45, 7) is 3.38. The molecule has 1 aliphatic rings. The monoisotopic (exact) mass is 322 g/mol. The van der Waals surface area contributed by atoms with Gasteiger partial charge < -0.3 is 15.4 Å². The molecule has 2 atom stereocenters. The lowest BCUT2D eigenvalue weighted by Crippen LogP contribution is -2.32. The summed E-state index contributed by atoms with van der Waals surface area (Å²) in [5, 5.41) is 5.55. The minimum atomic E-state index is -0.298. The average Bonchev–Trinajstić information content (AvgIpc) is 3.26. The minimum Gasteiger partial charge on any atom is -0.494 e. The normalized spacial score (nSPS) is 19.0. The van der Waals surface area contributed by atoms with Gasteiger partial charge in [0.2, 0.25) is 11.8 Å². The third-order valence-electron chi connectivity index (χ3n) is 3.82. The fourth-order valence-corrected chi connectivity index (χ4v) is 2.23. The fraction of sp³-hybridized carbons (Fsp3) is 0.529. The van der Waals surface area contributed by atoms with Gasteiger partial charge in [-0.1, -0.05) is 6.92 Å². The van der Waals surface area contributed by atoms with Gasteiger partial charge in [-0.25, -0.2) is 4.39 Å². The standard InChI is InChI=1S/C17H23FN2O3/c1-12-11-15(12)17(22)20-9-7-16(21)19-8-2-10-23-14-5-3-13(18)4-6-14/h3-6,12,15H,2,7-11H2,1H3,(H,19,21)(H,20,22). The van der Waals surface area contributed by atoms with E-state index in [4.69, 9.17) is 4.74 Å². The van der Waals surface area contributed by atoms with Gasteiger partial charge in [0.25, 0.3) is 0 Å². The van der Waals surface area contributed by atoms with Crippen molar-refractivity contribution in [2.24, 2.45) is 11.8 Å². The molecule has 0 aliphatic heterocycles. The van der Waals surface area contributed by atoms with Crippen LogP contribution < -0.4 is 15.4 Å². The van der Waals surface area contributed by atoms with Crippen molar-refractivity contribution in [3.8, 4) is 5.75 Å². The first-order valence-corrected chi connectivity index (χ1v) is 7.99. The Morgan fingerprint density at radius 1 is 1.22 bits per heavy atom. The van der Waals surface area contributed by atoms with Crippen LogP contribution in [0.25, 0.3) is 0 Å². The van der Waals surface area contributed by atoms with Crippen molar-refractivity contribution in [3.63, 3.8) is 0 Å². The summed E-state index contributed by atoms with van der Waals surface area (Å²) in [5.74, 6) is 0.892. The Morgan fingerprint density at radius 2 is 1.91 bits per heavy atom. The maximum absolute atomic E-state index is 12.7. The second-order valence-corrected chi connectivity index (χ2v) is 5.87. The molecule has 2 rings (SSSR count). The van der Waals surface area contributed by atoms with Crippen molar-refractivity contribution >= 4 is 11.8 Å². The van der Waals surface area contributed by atoms with Crippen LogP contribution in [-0.4, -0.2) is 31.5 Å². The van der Waals surface area contributed by atoms with Crippen LogP contribution in [0.5, 0.6) is 5.75 Å². The molecule has 0 spiro atoms. The van der Waals surface area contributed by atoms with Crippen LogP contribution in [0.1, 0.15) is 26.2 Å². The van der Waals surface area contributed by atoms with Crippen molar-refractivity contribution in [2.45, 2.75) is 26.2 Å². The molecule has 0 radical (unpaired) electrons. The number of nitrogens with one attached hydrogen (secondary N) is 2. The highest BCUT2D eigenvalue weighted by molar-refractivity contribution is 5.82. The van der Waals surface area contributed by atoms with Crippen LogP contribution in [0.4, 0.5) is 4.39 Å². The largest absolute Gasteiger partial charge is 0.494 e. The van der Waals surface area contributed by atoms with Crippen LogP contribution in [0.15, 0.2) is 24.3 Å². The van der Waals surface area contributed by atoms with Gasteiger partial charge in [0, 0.05) is 25.4 Å². The maximum Gasteiger partial charge on any atom is 0.223 e. The molecule has 2 N–H and O–H groups in total. The lowest BCUT2D eigenvalue weighted by Gasteiger charge is -2.08. The van der Waals surface area contributed by atoms with Crippen LogP contribution >= 0.6 is 0 Å². The third kappa shape index (κ3) is 6.26. The number of halogens is 1. The van der Waals surface area contributed by atoms with Gasteiger partial charge in [-0.2, -0.15) is 0 Å². The van der Waals surface area contributed by atoms with Gasteiger partial charge >= 0.3 is 0 Å². The summed E-state index contributed by atoms with van der Waals surface area (Å²) in [4.78, 5) is 23.2. The summed E-state index contributed by atoms with van der Waals surface area (Å²) in [5.41, 5.74) is 0. The highest BCUT2D eigenvalue weighted by Crippen LogP contribution is 2.37. The van der Waals surface area contributed by atoms with Gasteiger partial charge in [0.1, 0.15) is 11.6 Å². The van der Waals surface area contributed by atoms with Gasteiger partial charge in [0.05, 0.1) is 6.61 Å². The topological polar surface area (TPSA) is 67.4 Å². The van der Waals surface area contributed by atoms with Gasteiger partial charge in [-0.3, -0.25) is 9.59 Å². The molecule has 0 saturated heterocycles. The van der Waals surface area contributed by atoms with E-state index in [-0.39, 0.29) is 30.0 Å². The Kier molecular flexibility index (Phi) is 6.38. The molecule has 2 amide bonds. The van der Waals surface area contributed by atoms with Crippen LogP contribution in [0.2, 0.25) is 0 Å². The molecule has 5 nitrogen and oxygen atoms in total. The number of hydrogen-bond donors (Lipinski definition) is 2. The fourth-order valence-electron chi connectivity index (χ4n) is 2.23. The Bertz CT molecular complexity index is 533. The van der Waals surface area contributed by atoms with E-state index in [0.29, 0.717) is 37.8 Å². The Hall–Kier alpha value is -2.11. The van der Waals surface area contributed by atoms with E-state index in [1.54, 1.807) is 12.1 Å². The predicted octanol–water partition coefficient (Wildman–Crippen LogP) is 1.87. The Morgan fingerprint density at radius 3 is 2.57 bits per heavy atom. The smallest absolute Gasteiger partial charge is 0.223 e. The minimum absolute atomic E-state index is 0.0537. The molecule has 126 valence electrons. The average molecular weight is 322 g/mol. The quantitative estimate of drug-likeness (QED) is 0.682. The zero-order valence-electron chi connectivity index (χ0n) is 13.3. The van der Waals surface area contributed by atoms with Gasteiger partial charge in [-0.05, 0) is 43.0 Å². The van der Waals surface area contributed by atoms with Crippen LogP contribution in [0.3, 0.4) is 0 Å². The van der Waals surface area contributed by atoms with E-state index in [1.807, 2.05) is 6.92 Å². The molecular formula is C17H23FN2O3. The molecular weight excluding hydrogens is 299 g/mol. The lowest BCUT2D eigenvalue weighted by atomic mass is 10.3. The van der Waals surface area contributed by atoms with Crippen molar-refractivity contribution in [1.29, 1.82) is 0 Å². The van der Waals surface area contributed by atoms with E-state index in [0.717, 1.165) is 6.42 Å². The first kappa shape index (κ1) is 17.2. The van der Waals surface area contributed by atoms with Crippen molar-refractivity contribution in [1.82, 2.24) is 10.6 Å². The lowest BCUT2D eigenvalue weighted by molar-refractivity contribution is -0.123. The van der Waals surface area contributed by atoms with Crippen LogP contribution in [0, 0.1) is 17.7 Å². The molecule has 23 heavy (non-hydrogen) atoms. The maximum atomic E-state index is 12.7. The van der Waals surface area contributed by atoms with Gasteiger partial charge in [0.15, 0.2) is 0 Å². The number of benzene rings is 1. The summed E-state index contributed by atoms with van der Waals surface area (Å²) in [7, 11) is 0. The van der Waals surface area contributed by atoms with E-state index in [2.05, 4.69) is 10.6 Å². The third-order valence-corrected chi connectivity index (χ3v) is 3.82. The number of amides is 2. The van der Waals surface area contributed by atoms with Gasteiger partial charge in [-0.15, -0.1) is 0 Å². The molecule has 0 bridgehead atoms. The summed E-state index contributed by atoms with van der Waals surface area (Å²) in [6, 6.07) is 5.82. The predicted molar refractivity (Wildman–Crippen MR) is 84.4 cm³/mol. The molecule has 1 saturated carbocycles. The first-order chi connectivity index (χ1) is 11.1. The number of hydrogen-bond acceptors (Lipinski definition) is 3. The summed E-state index contributed by atoms with van der Waals surface area (Å²) < 4.78 is 18.1. The highest BCUT2D eigenvalue weighted by atomic mass is 19.1. The molecule has 1 aromatic carbocycles. The van der Waals surface area contributed by atoms with Crippen molar-refractivity contribution < 1.29 is 18.7 Å². The second-order valence-electron chi connectivity index (χ2n) is 5.87. The first-order valence-electron chi connectivity index (χ1n) is 7.99. The zero-order chi connectivity index (χ0) is 16.7.